The number of nitrogens with zero attached hydrogens (tertiary/aromatic N) is 2. The van der Waals surface area contributed by atoms with Crippen molar-refractivity contribution in [1.29, 1.82) is 0 Å². The molecular formula is C18H24F2IN5O2. The zero-order valence-electron chi connectivity index (χ0n) is 15.7. The number of benzene rings is 1. The standard InChI is InChI=1S/C18H23F2N5O2.HI/c1-18(15(26)23-17(27)24-18)12-5-7-25(8-6-12)16(21-2)22-10-11-9-13(19)3-4-14(11)20;/h3-4,9,12H,5-8,10H2,1-2H3,(H,21,22)(H2,23,24,26,27);1H. The third-order valence-corrected chi connectivity index (χ3v) is 5.34. The van der Waals surface area contributed by atoms with Crippen molar-refractivity contribution in [2.24, 2.45) is 10.9 Å². The minimum atomic E-state index is -0.898. The number of imide groups is 1. The number of hydrogen-bond acceptors (Lipinski definition) is 3. The Morgan fingerprint density at radius 3 is 2.57 bits per heavy atom. The first-order valence-electron chi connectivity index (χ1n) is 8.86. The lowest BCUT2D eigenvalue weighted by Gasteiger charge is -2.39. The second-order valence-electron chi connectivity index (χ2n) is 7.01. The smallest absolute Gasteiger partial charge is 0.322 e. The van der Waals surface area contributed by atoms with Crippen molar-refractivity contribution in [2.45, 2.75) is 31.8 Å². The first kappa shape index (κ1) is 22.3. The fourth-order valence-corrected chi connectivity index (χ4v) is 3.70. The van der Waals surface area contributed by atoms with E-state index in [1.54, 1.807) is 14.0 Å². The molecule has 10 heteroatoms. The van der Waals surface area contributed by atoms with Crippen molar-refractivity contribution in [3.8, 4) is 0 Å². The number of piperidine rings is 1. The predicted molar refractivity (Wildman–Crippen MR) is 111 cm³/mol. The summed E-state index contributed by atoms with van der Waals surface area (Å²) in [5.41, 5.74) is -0.672. The zero-order chi connectivity index (χ0) is 19.6. The van der Waals surface area contributed by atoms with Gasteiger partial charge in [-0.3, -0.25) is 15.1 Å². The number of amides is 3. The lowest BCUT2D eigenvalue weighted by Crippen LogP contribution is -2.55. The van der Waals surface area contributed by atoms with Gasteiger partial charge in [0, 0.05) is 32.2 Å². The molecule has 2 aliphatic rings. The molecule has 1 aromatic rings. The van der Waals surface area contributed by atoms with Gasteiger partial charge >= 0.3 is 6.03 Å². The van der Waals surface area contributed by atoms with E-state index < -0.39 is 23.2 Å². The van der Waals surface area contributed by atoms with E-state index in [9.17, 15) is 18.4 Å². The molecule has 0 radical (unpaired) electrons. The molecule has 3 rings (SSSR count). The van der Waals surface area contributed by atoms with Crippen LogP contribution in [-0.2, 0) is 11.3 Å². The molecule has 0 saturated carbocycles. The molecule has 1 atom stereocenters. The fourth-order valence-electron chi connectivity index (χ4n) is 3.70. The second kappa shape index (κ2) is 9.01. The summed E-state index contributed by atoms with van der Waals surface area (Å²) in [6.07, 6.45) is 1.39. The van der Waals surface area contributed by atoms with Crippen LogP contribution in [0.3, 0.4) is 0 Å². The highest BCUT2D eigenvalue weighted by molar-refractivity contribution is 14.0. The maximum atomic E-state index is 13.8. The molecule has 154 valence electrons. The first-order chi connectivity index (χ1) is 12.8. The molecule has 2 heterocycles. The molecule has 0 spiro atoms. The molecule has 3 amide bonds. The average Bonchev–Trinajstić information content (AvgIpc) is 2.91. The van der Waals surface area contributed by atoms with E-state index in [1.165, 1.54) is 0 Å². The molecule has 0 aliphatic carbocycles. The number of urea groups is 1. The molecule has 7 nitrogen and oxygen atoms in total. The van der Waals surface area contributed by atoms with Gasteiger partial charge in [-0.15, -0.1) is 24.0 Å². The number of nitrogens with one attached hydrogen (secondary N) is 3. The van der Waals surface area contributed by atoms with Gasteiger partial charge in [0.05, 0.1) is 0 Å². The van der Waals surface area contributed by atoms with Gasteiger partial charge in [-0.1, -0.05) is 0 Å². The summed E-state index contributed by atoms with van der Waals surface area (Å²) in [7, 11) is 1.63. The Balaban J connectivity index is 0.00000280. The molecule has 1 aromatic carbocycles. The lowest BCUT2D eigenvalue weighted by molar-refractivity contribution is -0.125. The number of aliphatic imine (C=N–C) groups is 1. The quantitative estimate of drug-likeness (QED) is 0.253. The Hall–Kier alpha value is -1.98. The van der Waals surface area contributed by atoms with Gasteiger partial charge in [0.25, 0.3) is 5.91 Å². The van der Waals surface area contributed by atoms with Crippen LogP contribution in [-0.4, -0.2) is 48.5 Å². The summed E-state index contributed by atoms with van der Waals surface area (Å²) in [6.45, 7) is 3.13. The zero-order valence-corrected chi connectivity index (χ0v) is 18.1. The highest BCUT2D eigenvalue weighted by atomic mass is 127. The van der Waals surface area contributed by atoms with Crippen LogP contribution in [0.4, 0.5) is 13.6 Å². The first-order valence-corrected chi connectivity index (χ1v) is 8.86. The number of hydrogen-bond donors (Lipinski definition) is 3. The normalized spacial score (nSPS) is 23.1. The van der Waals surface area contributed by atoms with E-state index in [4.69, 9.17) is 0 Å². The third-order valence-electron chi connectivity index (χ3n) is 5.34. The van der Waals surface area contributed by atoms with E-state index in [-0.39, 0.29) is 47.9 Å². The van der Waals surface area contributed by atoms with E-state index in [1.807, 2.05) is 4.90 Å². The predicted octanol–water partition coefficient (Wildman–Crippen LogP) is 1.97. The molecule has 2 aliphatic heterocycles. The number of halogens is 3. The van der Waals surface area contributed by atoms with Crippen molar-refractivity contribution >= 4 is 41.9 Å². The van der Waals surface area contributed by atoms with Crippen molar-refractivity contribution in [2.75, 3.05) is 20.1 Å². The molecule has 2 saturated heterocycles. The van der Waals surface area contributed by atoms with Crippen molar-refractivity contribution in [1.82, 2.24) is 20.9 Å². The van der Waals surface area contributed by atoms with Crippen LogP contribution in [0.5, 0.6) is 0 Å². The van der Waals surface area contributed by atoms with Crippen molar-refractivity contribution in [3.63, 3.8) is 0 Å². The highest BCUT2D eigenvalue weighted by Gasteiger charge is 2.48. The highest BCUT2D eigenvalue weighted by Crippen LogP contribution is 2.30. The van der Waals surface area contributed by atoms with Crippen molar-refractivity contribution in [3.05, 3.63) is 35.4 Å². The van der Waals surface area contributed by atoms with Crippen LogP contribution in [0.1, 0.15) is 25.3 Å². The molecular weight excluding hydrogens is 483 g/mol. The van der Waals surface area contributed by atoms with E-state index >= 15 is 0 Å². The maximum Gasteiger partial charge on any atom is 0.322 e. The summed E-state index contributed by atoms with van der Waals surface area (Å²) in [5, 5.41) is 8.07. The molecule has 0 aromatic heterocycles. The fraction of sp³-hybridized carbons (Fsp3) is 0.500. The second-order valence-corrected chi connectivity index (χ2v) is 7.01. The van der Waals surface area contributed by atoms with E-state index in [0.29, 0.717) is 31.9 Å². The van der Waals surface area contributed by atoms with Crippen LogP contribution in [0.2, 0.25) is 0 Å². The molecule has 28 heavy (non-hydrogen) atoms. The topological polar surface area (TPSA) is 85.8 Å². The Labute approximate surface area is 179 Å². The molecule has 0 bridgehead atoms. The van der Waals surface area contributed by atoms with E-state index in [0.717, 1.165) is 18.2 Å². The van der Waals surface area contributed by atoms with Gasteiger partial charge < -0.3 is 15.5 Å². The van der Waals surface area contributed by atoms with Gasteiger partial charge in [0.15, 0.2) is 5.96 Å². The Morgan fingerprint density at radius 1 is 1.32 bits per heavy atom. The Bertz CT molecular complexity index is 783. The van der Waals surface area contributed by atoms with Crippen LogP contribution in [0.25, 0.3) is 0 Å². The van der Waals surface area contributed by atoms with E-state index in [2.05, 4.69) is 20.9 Å². The van der Waals surface area contributed by atoms with Crippen LogP contribution in [0, 0.1) is 17.6 Å². The SMILES string of the molecule is CN=C(NCc1cc(F)ccc1F)N1CCC(C2(C)NC(=O)NC2=O)CC1.I. The Kier molecular flexibility index (Phi) is 7.18. The van der Waals surface area contributed by atoms with Crippen LogP contribution in [0.15, 0.2) is 23.2 Å². The third kappa shape index (κ3) is 4.53. The number of carbonyl (C=O) groups excluding carboxylic acids is 2. The van der Waals surface area contributed by atoms with Crippen molar-refractivity contribution < 1.29 is 18.4 Å². The van der Waals surface area contributed by atoms with Gasteiger partial charge in [0.1, 0.15) is 17.2 Å². The summed E-state index contributed by atoms with van der Waals surface area (Å²) in [4.78, 5) is 29.8. The lowest BCUT2D eigenvalue weighted by atomic mass is 9.79. The molecule has 2 fully saturated rings. The minimum absolute atomic E-state index is 0. The maximum absolute atomic E-state index is 13.8. The molecule has 1 unspecified atom stereocenters. The molecule has 3 N–H and O–H groups in total. The summed E-state index contributed by atoms with van der Waals surface area (Å²) < 4.78 is 27.1. The number of guanidine groups is 1. The summed E-state index contributed by atoms with van der Waals surface area (Å²) in [6, 6.07) is 2.88. The number of likely N-dealkylation sites (tertiary alicyclic amines) is 1. The number of carbonyl (C=O) groups is 2. The monoisotopic (exact) mass is 507 g/mol. The van der Waals surface area contributed by atoms with Crippen LogP contribution >= 0.6 is 24.0 Å². The van der Waals surface area contributed by atoms with Crippen LogP contribution < -0.4 is 16.0 Å². The number of rotatable bonds is 3. The summed E-state index contributed by atoms with van der Waals surface area (Å²) >= 11 is 0. The average molecular weight is 507 g/mol. The minimum Gasteiger partial charge on any atom is -0.352 e. The van der Waals surface area contributed by atoms with Gasteiger partial charge in [-0.05, 0) is 43.9 Å². The van der Waals surface area contributed by atoms with Gasteiger partial charge in [-0.25, -0.2) is 13.6 Å². The summed E-state index contributed by atoms with van der Waals surface area (Å²) in [5.74, 6) is -0.667. The Morgan fingerprint density at radius 2 is 2.00 bits per heavy atom. The largest absolute Gasteiger partial charge is 0.352 e. The van der Waals surface area contributed by atoms with Gasteiger partial charge in [0.2, 0.25) is 0 Å². The van der Waals surface area contributed by atoms with Gasteiger partial charge in [-0.2, -0.15) is 0 Å².